The van der Waals surface area contributed by atoms with Crippen molar-refractivity contribution >= 4 is 45.3 Å². The van der Waals surface area contributed by atoms with Crippen molar-refractivity contribution in [3.63, 3.8) is 0 Å². The Kier molecular flexibility index (Phi) is 3.95. The van der Waals surface area contributed by atoms with E-state index in [9.17, 15) is 13.2 Å². The molecule has 18 heavy (non-hydrogen) atoms. The smallest absolute Gasteiger partial charge is 0.226 e. The molecule has 0 atom stereocenters. The third-order valence-electron chi connectivity index (χ3n) is 1.88. The maximum absolute atomic E-state index is 12.3. The summed E-state index contributed by atoms with van der Waals surface area (Å²) in [6.07, 6.45) is -2.99. The van der Waals surface area contributed by atoms with Crippen LogP contribution in [0.5, 0.6) is 0 Å². The Labute approximate surface area is 118 Å². The van der Waals surface area contributed by atoms with E-state index in [1.165, 1.54) is 6.21 Å². The molecule has 0 aliphatic rings. The van der Waals surface area contributed by atoms with Crippen LogP contribution in [0.3, 0.4) is 0 Å². The van der Waals surface area contributed by atoms with Gasteiger partial charge in [0.1, 0.15) is 0 Å². The first-order valence-electron chi connectivity index (χ1n) is 4.66. The maximum atomic E-state index is 12.3. The minimum Gasteiger partial charge on any atom is -0.226 e. The molecule has 0 radical (unpaired) electrons. The van der Waals surface area contributed by atoms with Crippen LogP contribution in [0.15, 0.2) is 29.3 Å². The Morgan fingerprint density at radius 3 is 2.56 bits per heavy atom. The molecule has 8 heteroatoms. The van der Waals surface area contributed by atoms with Crippen molar-refractivity contribution in [1.82, 2.24) is 10.2 Å². The van der Waals surface area contributed by atoms with Gasteiger partial charge in [0.2, 0.25) is 10.1 Å². The van der Waals surface area contributed by atoms with Crippen LogP contribution in [-0.4, -0.2) is 16.4 Å². The molecule has 0 fully saturated rings. The molecule has 3 nitrogen and oxygen atoms in total. The van der Waals surface area contributed by atoms with E-state index < -0.39 is 11.2 Å². The highest BCUT2D eigenvalue weighted by molar-refractivity contribution is 14.1. The van der Waals surface area contributed by atoms with Crippen LogP contribution >= 0.6 is 33.9 Å². The molecule has 0 bridgehead atoms. The summed E-state index contributed by atoms with van der Waals surface area (Å²) in [4.78, 5) is 3.89. The van der Waals surface area contributed by atoms with Crippen LogP contribution in [-0.2, 0) is 6.18 Å². The Morgan fingerprint density at radius 2 is 1.94 bits per heavy atom. The van der Waals surface area contributed by atoms with Gasteiger partial charge in [-0.2, -0.15) is 13.2 Å². The van der Waals surface area contributed by atoms with E-state index in [0.717, 1.165) is 9.13 Å². The molecule has 0 aliphatic heterocycles. The second-order valence-corrected chi connectivity index (χ2v) is 5.29. The summed E-state index contributed by atoms with van der Waals surface area (Å²) in [5, 5.41) is 5.43. The molecular formula is C10H5F3IN3S. The lowest BCUT2D eigenvalue weighted by Crippen LogP contribution is -2.03. The van der Waals surface area contributed by atoms with Crippen molar-refractivity contribution in [2.45, 2.75) is 6.18 Å². The topological polar surface area (TPSA) is 38.1 Å². The first kappa shape index (κ1) is 13.4. The second kappa shape index (κ2) is 5.31. The Balaban J connectivity index is 2.20. The minimum absolute atomic E-state index is 0.0121. The van der Waals surface area contributed by atoms with Crippen LogP contribution in [0.4, 0.5) is 18.3 Å². The maximum Gasteiger partial charge on any atom is 0.445 e. The van der Waals surface area contributed by atoms with Crippen molar-refractivity contribution in [3.05, 3.63) is 38.4 Å². The van der Waals surface area contributed by atoms with Crippen LogP contribution in [0.1, 0.15) is 10.6 Å². The zero-order valence-electron chi connectivity index (χ0n) is 8.65. The fraction of sp³-hybridized carbons (Fsp3) is 0.100. The molecule has 0 amide bonds. The molecule has 1 heterocycles. The van der Waals surface area contributed by atoms with Crippen LogP contribution in [0, 0.1) is 3.57 Å². The highest BCUT2D eigenvalue weighted by atomic mass is 127. The van der Waals surface area contributed by atoms with Crippen LogP contribution in [0.25, 0.3) is 0 Å². The third-order valence-corrected chi connectivity index (χ3v) is 3.73. The summed E-state index contributed by atoms with van der Waals surface area (Å²) < 4.78 is 37.8. The number of halogens is 4. The van der Waals surface area contributed by atoms with E-state index in [4.69, 9.17) is 0 Å². The number of aromatic nitrogens is 2. The number of alkyl halides is 3. The summed E-state index contributed by atoms with van der Waals surface area (Å²) in [6, 6.07) is 7.39. The Hall–Kier alpha value is -1.03. The summed E-state index contributed by atoms with van der Waals surface area (Å²) in [5.41, 5.74) is 0.821. The fourth-order valence-electron chi connectivity index (χ4n) is 1.09. The van der Waals surface area contributed by atoms with Gasteiger partial charge in [-0.25, -0.2) is 4.99 Å². The Morgan fingerprint density at radius 1 is 1.22 bits per heavy atom. The minimum atomic E-state index is -4.47. The standard InChI is InChI=1S/C10H5F3IN3S/c11-10(12,13)8-16-17-9(18-8)15-5-6-3-1-2-4-7(6)14/h1-5H/b15-5+. The SMILES string of the molecule is FC(F)(F)c1nnc(/N=C/c2ccccc2I)s1. The van der Waals surface area contributed by atoms with Gasteiger partial charge in [0.05, 0.1) is 0 Å². The van der Waals surface area contributed by atoms with E-state index in [0.29, 0.717) is 11.3 Å². The van der Waals surface area contributed by atoms with Crippen molar-refractivity contribution in [3.8, 4) is 0 Å². The molecule has 2 aromatic rings. The van der Waals surface area contributed by atoms with Crippen molar-refractivity contribution in [1.29, 1.82) is 0 Å². The lowest BCUT2D eigenvalue weighted by molar-refractivity contribution is -0.138. The zero-order valence-corrected chi connectivity index (χ0v) is 11.6. The number of hydrogen-bond acceptors (Lipinski definition) is 4. The fourth-order valence-corrected chi connectivity index (χ4v) is 2.17. The lowest BCUT2D eigenvalue weighted by atomic mass is 10.2. The van der Waals surface area contributed by atoms with E-state index in [2.05, 4.69) is 37.8 Å². The lowest BCUT2D eigenvalue weighted by Gasteiger charge is -1.97. The molecule has 0 saturated carbocycles. The van der Waals surface area contributed by atoms with Gasteiger partial charge in [-0.3, -0.25) is 0 Å². The monoisotopic (exact) mass is 383 g/mol. The zero-order chi connectivity index (χ0) is 13.2. The Bertz CT molecular complexity index is 580. The van der Waals surface area contributed by atoms with Gasteiger partial charge in [-0.05, 0) is 28.7 Å². The van der Waals surface area contributed by atoms with Gasteiger partial charge in [-0.1, -0.05) is 29.5 Å². The predicted molar refractivity (Wildman–Crippen MR) is 71.3 cm³/mol. The van der Waals surface area contributed by atoms with Gasteiger partial charge in [-0.15, -0.1) is 10.2 Å². The van der Waals surface area contributed by atoms with Crippen LogP contribution in [0.2, 0.25) is 0 Å². The largest absolute Gasteiger partial charge is 0.445 e. The summed E-state index contributed by atoms with van der Waals surface area (Å²) in [7, 11) is 0. The molecule has 0 spiro atoms. The molecule has 1 aromatic carbocycles. The van der Waals surface area contributed by atoms with Crippen LogP contribution < -0.4 is 0 Å². The molecule has 0 unspecified atom stereocenters. The normalized spacial score (nSPS) is 12.2. The van der Waals surface area contributed by atoms with Crippen molar-refractivity contribution in [2.24, 2.45) is 4.99 Å². The number of hydrogen-bond donors (Lipinski definition) is 0. The molecule has 0 N–H and O–H groups in total. The van der Waals surface area contributed by atoms with Gasteiger partial charge < -0.3 is 0 Å². The molecule has 0 saturated heterocycles. The van der Waals surface area contributed by atoms with Gasteiger partial charge >= 0.3 is 6.18 Å². The average Bonchev–Trinajstić information content (AvgIpc) is 2.76. The number of aliphatic imine (C=N–C) groups is 1. The summed E-state index contributed by atoms with van der Waals surface area (Å²) in [5.74, 6) is 0. The molecule has 2 rings (SSSR count). The highest BCUT2D eigenvalue weighted by Crippen LogP contribution is 2.33. The number of nitrogens with zero attached hydrogens (tertiary/aromatic N) is 3. The van der Waals surface area contributed by atoms with Gasteiger partial charge in [0, 0.05) is 15.3 Å². The molecule has 0 aliphatic carbocycles. The molecule has 94 valence electrons. The van der Waals surface area contributed by atoms with E-state index in [-0.39, 0.29) is 5.13 Å². The van der Waals surface area contributed by atoms with E-state index in [1.54, 1.807) is 0 Å². The quantitative estimate of drug-likeness (QED) is 0.583. The van der Waals surface area contributed by atoms with E-state index >= 15 is 0 Å². The first-order chi connectivity index (χ1) is 8.47. The second-order valence-electron chi connectivity index (χ2n) is 3.17. The van der Waals surface area contributed by atoms with Crippen molar-refractivity contribution < 1.29 is 13.2 Å². The van der Waals surface area contributed by atoms with Gasteiger partial charge in [0.25, 0.3) is 0 Å². The highest BCUT2D eigenvalue weighted by Gasteiger charge is 2.35. The van der Waals surface area contributed by atoms with Gasteiger partial charge in [0.15, 0.2) is 0 Å². The molecular weight excluding hydrogens is 378 g/mol. The molecule has 1 aromatic heterocycles. The average molecular weight is 383 g/mol. The third kappa shape index (κ3) is 3.25. The summed E-state index contributed by atoms with van der Waals surface area (Å²) in [6.45, 7) is 0. The summed E-state index contributed by atoms with van der Waals surface area (Å²) >= 11 is 2.53. The van der Waals surface area contributed by atoms with E-state index in [1.807, 2.05) is 24.3 Å². The number of benzene rings is 1. The number of rotatable bonds is 2. The van der Waals surface area contributed by atoms with Crippen molar-refractivity contribution in [2.75, 3.05) is 0 Å². The first-order valence-corrected chi connectivity index (χ1v) is 6.55. The predicted octanol–water partition coefficient (Wildman–Crippen LogP) is 3.91.